The van der Waals surface area contributed by atoms with Gasteiger partial charge < -0.3 is 10.6 Å². The van der Waals surface area contributed by atoms with Gasteiger partial charge in [0.25, 0.3) is 5.91 Å². The van der Waals surface area contributed by atoms with E-state index >= 15 is 0 Å². The summed E-state index contributed by atoms with van der Waals surface area (Å²) in [6.07, 6.45) is 4.29. The molecule has 0 aromatic carbocycles. The van der Waals surface area contributed by atoms with Gasteiger partial charge in [0, 0.05) is 19.8 Å². The van der Waals surface area contributed by atoms with Crippen LogP contribution < -0.4 is 10.6 Å². The molecular weight excluding hydrogens is 249 g/mol. The van der Waals surface area contributed by atoms with Crippen LogP contribution in [0.1, 0.15) is 17.3 Å². The van der Waals surface area contributed by atoms with Crippen molar-refractivity contribution >= 4 is 17.4 Å². The normalized spacial score (nSPS) is 10.3. The van der Waals surface area contributed by atoms with Crippen LogP contribution in [0.2, 0.25) is 0 Å². The van der Waals surface area contributed by atoms with Gasteiger partial charge in [0.15, 0.2) is 0 Å². The summed E-state index contributed by atoms with van der Waals surface area (Å²) >= 11 is 0. The molecule has 0 bridgehead atoms. The van der Waals surface area contributed by atoms with Crippen molar-refractivity contribution in [2.24, 2.45) is 0 Å². The first-order valence-electron chi connectivity index (χ1n) is 5.81. The Balaban J connectivity index is 2.21. The Bertz CT molecular complexity index is 596. The van der Waals surface area contributed by atoms with Gasteiger partial charge in [-0.05, 0) is 13.0 Å². The van der Waals surface area contributed by atoms with E-state index in [4.69, 9.17) is 0 Å². The van der Waals surface area contributed by atoms with Crippen molar-refractivity contribution in [3.63, 3.8) is 0 Å². The highest BCUT2D eigenvalue weighted by atomic mass is 19.1. The summed E-state index contributed by atoms with van der Waals surface area (Å²) in [5, 5.41) is 9.43. The summed E-state index contributed by atoms with van der Waals surface area (Å²) in [7, 11) is 1.62. The molecule has 2 N–H and O–H groups in total. The average Bonchev–Trinajstić information content (AvgIpc) is 2.86. The van der Waals surface area contributed by atoms with Crippen LogP contribution in [0.15, 0.2) is 24.7 Å². The van der Waals surface area contributed by atoms with Crippen LogP contribution in [0, 0.1) is 5.82 Å². The first-order valence-corrected chi connectivity index (χ1v) is 5.81. The largest absolute Gasteiger partial charge is 0.372 e. The van der Waals surface area contributed by atoms with E-state index in [2.05, 4.69) is 20.7 Å². The third-order valence-electron chi connectivity index (χ3n) is 2.55. The van der Waals surface area contributed by atoms with Crippen LogP contribution >= 0.6 is 0 Å². The quantitative estimate of drug-likeness (QED) is 0.881. The Kier molecular flexibility index (Phi) is 3.74. The topological polar surface area (TPSA) is 71.8 Å². The van der Waals surface area contributed by atoms with Crippen LogP contribution in [0.25, 0.3) is 0 Å². The van der Waals surface area contributed by atoms with E-state index in [1.165, 1.54) is 6.20 Å². The fraction of sp³-hybridized carbons (Fsp3) is 0.250. The molecule has 100 valence electrons. The smallest absolute Gasteiger partial charge is 0.259 e. The third kappa shape index (κ3) is 2.87. The zero-order valence-corrected chi connectivity index (χ0v) is 10.6. The van der Waals surface area contributed by atoms with Crippen molar-refractivity contribution in [2.45, 2.75) is 13.5 Å². The maximum absolute atomic E-state index is 13.2. The number of hydrogen-bond donors (Lipinski definition) is 2. The maximum Gasteiger partial charge on any atom is 0.259 e. The van der Waals surface area contributed by atoms with Gasteiger partial charge >= 0.3 is 0 Å². The molecule has 0 unspecified atom stereocenters. The Hall–Kier alpha value is -2.44. The van der Waals surface area contributed by atoms with Crippen molar-refractivity contribution < 1.29 is 9.18 Å². The van der Waals surface area contributed by atoms with Crippen molar-refractivity contribution in [3.8, 4) is 0 Å². The fourth-order valence-electron chi connectivity index (χ4n) is 1.61. The number of aromatic nitrogens is 3. The molecule has 0 radical (unpaired) electrons. The average molecular weight is 263 g/mol. The molecule has 19 heavy (non-hydrogen) atoms. The summed E-state index contributed by atoms with van der Waals surface area (Å²) in [6, 6.07) is 1.14. The van der Waals surface area contributed by atoms with Crippen molar-refractivity contribution in [2.75, 3.05) is 17.7 Å². The molecule has 0 aliphatic heterocycles. The third-order valence-corrected chi connectivity index (χ3v) is 2.55. The standard InChI is InChI=1S/C12H14FN5O/c1-3-18-7-9(6-16-18)17-12(19)10-4-8(13)5-15-11(10)14-2/h4-7H,3H2,1-2H3,(H,14,15)(H,17,19). The molecule has 0 aliphatic rings. The molecule has 0 atom stereocenters. The Morgan fingerprint density at radius 1 is 1.47 bits per heavy atom. The van der Waals surface area contributed by atoms with E-state index in [1.807, 2.05) is 6.92 Å². The number of rotatable bonds is 4. The van der Waals surface area contributed by atoms with E-state index < -0.39 is 11.7 Å². The molecule has 0 saturated carbocycles. The highest BCUT2D eigenvalue weighted by molar-refractivity contribution is 6.07. The lowest BCUT2D eigenvalue weighted by molar-refractivity contribution is 0.102. The summed E-state index contributed by atoms with van der Waals surface area (Å²) in [4.78, 5) is 15.9. The van der Waals surface area contributed by atoms with E-state index in [9.17, 15) is 9.18 Å². The molecule has 1 amide bonds. The summed E-state index contributed by atoms with van der Waals surface area (Å²) in [5.41, 5.74) is 0.699. The first kappa shape index (κ1) is 13.0. The summed E-state index contributed by atoms with van der Waals surface area (Å²) < 4.78 is 14.8. The van der Waals surface area contributed by atoms with E-state index in [0.717, 1.165) is 12.3 Å². The fourth-order valence-corrected chi connectivity index (χ4v) is 1.61. The minimum atomic E-state index is -0.562. The first-order chi connectivity index (χ1) is 9.13. The lowest BCUT2D eigenvalue weighted by Crippen LogP contribution is -2.15. The molecule has 2 heterocycles. The SMILES string of the molecule is CCn1cc(NC(=O)c2cc(F)cnc2NC)cn1. The van der Waals surface area contributed by atoms with Crippen LogP contribution in [0.4, 0.5) is 15.9 Å². The van der Waals surface area contributed by atoms with Gasteiger partial charge in [-0.3, -0.25) is 9.48 Å². The predicted octanol–water partition coefficient (Wildman–Crippen LogP) is 1.73. The molecular formula is C12H14FN5O. The number of amides is 1. The lowest BCUT2D eigenvalue weighted by Gasteiger charge is -2.07. The number of pyridine rings is 1. The van der Waals surface area contributed by atoms with Gasteiger partial charge in [-0.1, -0.05) is 0 Å². The number of hydrogen-bond acceptors (Lipinski definition) is 4. The molecule has 0 spiro atoms. The van der Waals surface area contributed by atoms with E-state index in [-0.39, 0.29) is 5.56 Å². The minimum absolute atomic E-state index is 0.145. The predicted molar refractivity (Wildman–Crippen MR) is 69.6 cm³/mol. The molecule has 2 aromatic rings. The lowest BCUT2D eigenvalue weighted by atomic mass is 10.2. The second-order valence-corrected chi connectivity index (χ2v) is 3.84. The van der Waals surface area contributed by atoms with Crippen LogP contribution in [-0.4, -0.2) is 27.7 Å². The number of carbonyl (C=O) groups is 1. The Morgan fingerprint density at radius 2 is 2.26 bits per heavy atom. The highest BCUT2D eigenvalue weighted by Crippen LogP contribution is 2.15. The Morgan fingerprint density at radius 3 is 2.89 bits per heavy atom. The number of halogens is 1. The van der Waals surface area contributed by atoms with E-state index in [0.29, 0.717) is 18.1 Å². The second-order valence-electron chi connectivity index (χ2n) is 3.84. The molecule has 2 rings (SSSR count). The van der Waals surface area contributed by atoms with Gasteiger partial charge in [-0.25, -0.2) is 9.37 Å². The molecule has 0 fully saturated rings. The Labute approximate surface area is 109 Å². The van der Waals surface area contributed by atoms with Crippen molar-refractivity contribution in [1.82, 2.24) is 14.8 Å². The van der Waals surface area contributed by atoms with Gasteiger partial charge in [-0.2, -0.15) is 5.10 Å². The monoisotopic (exact) mass is 263 g/mol. The van der Waals surface area contributed by atoms with Gasteiger partial charge in [-0.15, -0.1) is 0 Å². The molecule has 2 aromatic heterocycles. The zero-order chi connectivity index (χ0) is 13.8. The van der Waals surface area contributed by atoms with Gasteiger partial charge in [0.2, 0.25) is 0 Å². The van der Waals surface area contributed by atoms with Crippen LogP contribution in [0.3, 0.4) is 0 Å². The van der Waals surface area contributed by atoms with Crippen molar-refractivity contribution in [1.29, 1.82) is 0 Å². The van der Waals surface area contributed by atoms with Gasteiger partial charge in [0.05, 0.1) is 23.6 Å². The molecule has 0 saturated heterocycles. The van der Waals surface area contributed by atoms with Crippen LogP contribution in [0.5, 0.6) is 0 Å². The second kappa shape index (κ2) is 5.47. The molecule has 0 aliphatic carbocycles. The minimum Gasteiger partial charge on any atom is -0.372 e. The molecule has 7 heteroatoms. The number of nitrogens with zero attached hydrogens (tertiary/aromatic N) is 3. The number of nitrogens with one attached hydrogen (secondary N) is 2. The number of aryl methyl sites for hydroxylation is 1. The highest BCUT2D eigenvalue weighted by Gasteiger charge is 2.14. The van der Waals surface area contributed by atoms with Gasteiger partial charge in [0.1, 0.15) is 11.6 Å². The maximum atomic E-state index is 13.2. The summed E-state index contributed by atoms with van der Waals surface area (Å²) in [6.45, 7) is 2.65. The van der Waals surface area contributed by atoms with Crippen LogP contribution in [-0.2, 0) is 6.54 Å². The summed E-state index contributed by atoms with van der Waals surface area (Å²) in [5.74, 6) is -0.679. The molecule has 6 nitrogen and oxygen atoms in total. The number of carbonyl (C=O) groups excluding carboxylic acids is 1. The van der Waals surface area contributed by atoms with Crippen molar-refractivity contribution in [3.05, 3.63) is 36.0 Å². The zero-order valence-electron chi connectivity index (χ0n) is 10.6. The number of anilines is 2. The van der Waals surface area contributed by atoms with E-state index in [1.54, 1.807) is 17.9 Å².